The maximum absolute atomic E-state index is 6.26. The number of thiophene rings is 1. The van der Waals surface area contributed by atoms with Crippen molar-refractivity contribution in [2.75, 3.05) is 13.1 Å². The molecule has 4 rings (SSSR count). The number of nitrogens with zero attached hydrogens (tertiary/aromatic N) is 2. The molecule has 0 atom stereocenters. The molecular formula is C13H9Br2ClN2S2. The number of aliphatic imine (C=N–C) groups is 1. The van der Waals surface area contributed by atoms with Gasteiger partial charge >= 0.3 is 0 Å². The summed E-state index contributed by atoms with van der Waals surface area (Å²) in [5.41, 5.74) is 1.23. The lowest BCUT2D eigenvalue weighted by Gasteiger charge is -2.14. The summed E-state index contributed by atoms with van der Waals surface area (Å²) >= 11 is 13.4. The maximum atomic E-state index is 6.26. The van der Waals surface area contributed by atoms with Crippen LogP contribution >= 0.6 is 67.6 Å². The first-order chi connectivity index (χ1) is 9.24. The number of fused-ring (bicyclic) bond motifs is 2. The highest BCUT2D eigenvalue weighted by atomic mass is 79.9. The smallest absolute Gasteiger partial charge is 0.169 e. The Morgan fingerprint density at radius 2 is 2.20 bits per heavy atom. The Kier molecular flexibility index (Phi) is 4.21. The van der Waals surface area contributed by atoms with Gasteiger partial charge in [-0.25, -0.2) is 0 Å². The zero-order valence-electron chi connectivity index (χ0n) is 10.1. The van der Waals surface area contributed by atoms with Crippen molar-refractivity contribution in [2.45, 2.75) is 0 Å². The number of halogens is 3. The van der Waals surface area contributed by atoms with Gasteiger partial charge in [-0.15, -0.1) is 28.3 Å². The average molecular weight is 453 g/mol. The van der Waals surface area contributed by atoms with Gasteiger partial charge in [-0.3, -0.25) is 4.99 Å². The lowest BCUT2D eigenvalue weighted by atomic mass is 10.2. The summed E-state index contributed by atoms with van der Waals surface area (Å²) < 4.78 is 2.37. The molecule has 2 nitrogen and oxygen atoms in total. The van der Waals surface area contributed by atoms with E-state index in [1.807, 2.05) is 12.1 Å². The van der Waals surface area contributed by atoms with Crippen LogP contribution in [0.15, 0.2) is 33.1 Å². The molecule has 1 aromatic carbocycles. The lowest BCUT2D eigenvalue weighted by Crippen LogP contribution is -2.19. The van der Waals surface area contributed by atoms with Crippen LogP contribution in [0.4, 0.5) is 0 Å². The van der Waals surface area contributed by atoms with E-state index in [0.717, 1.165) is 32.5 Å². The summed E-state index contributed by atoms with van der Waals surface area (Å²) in [7, 11) is 0. The first kappa shape index (κ1) is 14.9. The van der Waals surface area contributed by atoms with Crippen LogP contribution in [0, 0.1) is 0 Å². The Balaban J connectivity index is 0.00000121. The van der Waals surface area contributed by atoms with E-state index >= 15 is 0 Å². The van der Waals surface area contributed by atoms with Crippen LogP contribution in [0.1, 0.15) is 4.88 Å². The monoisotopic (exact) mass is 450 g/mol. The van der Waals surface area contributed by atoms with E-state index in [0.29, 0.717) is 0 Å². The quantitative estimate of drug-likeness (QED) is 0.562. The maximum Gasteiger partial charge on any atom is 0.169 e. The first-order valence-electron chi connectivity index (χ1n) is 5.82. The molecule has 0 saturated heterocycles. The van der Waals surface area contributed by atoms with E-state index in [1.54, 1.807) is 23.1 Å². The number of hydrogen-bond acceptors (Lipinski definition) is 4. The van der Waals surface area contributed by atoms with Gasteiger partial charge in [0.1, 0.15) is 0 Å². The van der Waals surface area contributed by atoms with Crippen LogP contribution in [0.25, 0.3) is 15.8 Å². The molecule has 2 aliphatic heterocycles. The van der Waals surface area contributed by atoms with Gasteiger partial charge in [0, 0.05) is 21.7 Å². The molecule has 0 bridgehead atoms. The second-order valence-corrected chi connectivity index (χ2v) is 8.09. The minimum atomic E-state index is 0. The van der Waals surface area contributed by atoms with E-state index < -0.39 is 0 Å². The summed E-state index contributed by atoms with van der Waals surface area (Å²) in [5, 5.41) is 3.05. The molecule has 0 fully saturated rings. The van der Waals surface area contributed by atoms with Crippen molar-refractivity contribution >= 4 is 88.6 Å². The topological polar surface area (TPSA) is 15.6 Å². The van der Waals surface area contributed by atoms with E-state index in [-0.39, 0.29) is 17.0 Å². The van der Waals surface area contributed by atoms with E-state index in [9.17, 15) is 0 Å². The summed E-state index contributed by atoms with van der Waals surface area (Å²) in [6.45, 7) is 1.85. The Hall–Kier alpha value is -0.0100. The zero-order valence-corrected chi connectivity index (χ0v) is 15.8. The molecule has 2 aromatic rings. The second kappa shape index (κ2) is 5.65. The van der Waals surface area contributed by atoms with Gasteiger partial charge in [0.15, 0.2) is 5.17 Å². The summed E-state index contributed by atoms with van der Waals surface area (Å²) in [6, 6.07) is 8.24. The SMILES string of the molecule is Br.Clc1cccc2sc(C3=C(Br)SC4=NCCN43)cc12. The average Bonchev–Trinajstić information content (AvgIpc) is 3.02. The van der Waals surface area contributed by atoms with Gasteiger partial charge in [-0.05, 0) is 45.9 Å². The van der Waals surface area contributed by atoms with Gasteiger partial charge in [-0.1, -0.05) is 17.7 Å². The second-order valence-electron chi connectivity index (χ2n) is 4.30. The number of hydrogen-bond donors (Lipinski definition) is 0. The molecule has 2 aliphatic rings. The van der Waals surface area contributed by atoms with Crippen LogP contribution in [0.5, 0.6) is 0 Å². The largest absolute Gasteiger partial charge is 0.316 e. The Morgan fingerprint density at radius 3 is 3.00 bits per heavy atom. The predicted molar refractivity (Wildman–Crippen MR) is 99.6 cm³/mol. The fourth-order valence-corrected chi connectivity index (χ4v) is 5.74. The molecular weight excluding hydrogens is 444 g/mol. The fourth-order valence-electron chi connectivity index (χ4n) is 2.33. The van der Waals surface area contributed by atoms with Gasteiger partial charge in [0.05, 0.1) is 20.9 Å². The van der Waals surface area contributed by atoms with Crippen molar-refractivity contribution in [1.29, 1.82) is 0 Å². The number of benzene rings is 1. The standard InChI is InChI=1S/C13H8BrClN2S2.BrH/c14-12-11(17-5-4-16-13(17)19-12)10-6-7-8(15)2-1-3-9(7)18-10;/h1-3,6H,4-5H2;1H. The molecule has 1 aromatic heterocycles. The third-order valence-electron chi connectivity index (χ3n) is 3.18. The van der Waals surface area contributed by atoms with Crippen molar-refractivity contribution in [3.8, 4) is 0 Å². The van der Waals surface area contributed by atoms with Gasteiger partial charge in [-0.2, -0.15) is 0 Å². The van der Waals surface area contributed by atoms with E-state index in [1.165, 1.54) is 15.3 Å². The van der Waals surface area contributed by atoms with Crippen molar-refractivity contribution < 1.29 is 0 Å². The summed E-state index contributed by atoms with van der Waals surface area (Å²) in [4.78, 5) is 8.04. The predicted octanol–water partition coefficient (Wildman–Crippen LogP) is 5.57. The molecule has 0 aliphatic carbocycles. The normalized spacial score (nSPS) is 17.5. The molecule has 0 unspecified atom stereocenters. The van der Waals surface area contributed by atoms with Gasteiger partial charge in [0.25, 0.3) is 0 Å². The third kappa shape index (κ3) is 2.25. The molecule has 20 heavy (non-hydrogen) atoms. The molecule has 0 saturated carbocycles. The van der Waals surface area contributed by atoms with Gasteiger partial charge in [0.2, 0.25) is 0 Å². The van der Waals surface area contributed by atoms with Crippen molar-refractivity contribution in [3.63, 3.8) is 0 Å². The Bertz CT molecular complexity index is 754. The van der Waals surface area contributed by atoms with Crippen LogP contribution < -0.4 is 0 Å². The molecule has 0 radical (unpaired) electrons. The number of thioether (sulfide) groups is 1. The molecule has 0 spiro atoms. The lowest BCUT2D eigenvalue weighted by molar-refractivity contribution is 0.651. The third-order valence-corrected chi connectivity index (χ3v) is 6.38. The van der Waals surface area contributed by atoms with Crippen LogP contribution in [-0.2, 0) is 0 Å². The Labute approximate surface area is 148 Å². The fraction of sp³-hybridized carbons (Fsp3) is 0.154. The van der Waals surface area contributed by atoms with Crippen LogP contribution in [0.3, 0.4) is 0 Å². The minimum absolute atomic E-state index is 0. The van der Waals surface area contributed by atoms with E-state index in [4.69, 9.17) is 11.6 Å². The van der Waals surface area contributed by atoms with Crippen molar-refractivity contribution in [3.05, 3.63) is 38.0 Å². The molecule has 0 amide bonds. The van der Waals surface area contributed by atoms with Crippen LogP contribution in [-0.4, -0.2) is 23.2 Å². The zero-order chi connectivity index (χ0) is 13.0. The highest BCUT2D eigenvalue weighted by molar-refractivity contribution is 9.14. The number of amidine groups is 1. The van der Waals surface area contributed by atoms with E-state index in [2.05, 4.69) is 38.0 Å². The molecule has 7 heteroatoms. The van der Waals surface area contributed by atoms with Crippen molar-refractivity contribution in [1.82, 2.24) is 4.90 Å². The molecule has 3 heterocycles. The number of rotatable bonds is 1. The Morgan fingerprint density at radius 1 is 1.35 bits per heavy atom. The molecule has 104 valence electrons. The van der Waals surface area contributed by atoms with Crippen molar-refractivity contribution in [2.24, 2.45) is 4.99 Å². The van der Waals surface area contributed by atoms with Gasteiger partial charge < -0.3 is 4.90 Å². The highest BCUT2D eigenvalue weighted by Gasteiger charge is 2.32. The minimum Gasteiger partial charge on any atom is -0.316 e. The van der Waals surface area contributed by atoms with Crippen LogP contribution in [0.2, 0.25) is 5.02 Å². The first-order valence-corrected chi connectivity index (χ1v) is 8.62. The molecule has 0 N–H and O–H groups in total. The summed E-state index contributed by atoms with van der Waals surface area (Å²) in [5.74, 6) is 0. The highest BCUT2D eigenvalue weighted by Crippen LogP contribution is 2.47. The summed E-state index contributed by atoms with van der Waals surface area (Å²) in [6.07, 6.45) is 0.